The van der Waals surface area contributed by atoms with Crippen LogP contribution >= 0.6 is 23.2 Å². The van der Waals surface area contributed by atoms with Crippen LogP contribution in [0, 0.1) is 11.2 Å². The van der Waals surface area contributed by atoms with Gasteiger partial charge in [-0.05, 0) is 17.0 Å². The first kappa shape index (κ1) is 17.1. The molecule has 5 nitrogen and oxygen atoms in total. The first-order chi connectivity index (χ1) is 9.09. The van der Waals surface area contributed by atoms with Crippen LogP contribution in [-0.2, 0) is 9.53 Å². The monoisotopic (exact) mass is 323 g/mol. The van der Waals surface area contributed by atoms with E-state index in [-0.39, 0.29) is 11.0 Å². The quantitative estimate of drug-likeness (QED) is 0.525. The van der Waals surface area contributed by atoms with Crippen LogP contribution in [0.25, 0.3) is 0 Å². The molecule has 0 radical (unpaired) electrons. The Balaban J connectivity index is 3.43. The molecule has 0 aliphatic heterocycles. The smallest absolute Gasteiger partial charge is 0.323 e. The largest absolute Gasteiger partial charge is 0.468 e. The van der Waals surface area contributed by atoms with E-state index >= 15 is 0 Å². The lowest BCUT2D eigenvalue weighted by atomic mass is 9.74. The topological polar surface area (TPSA) is 78.1 Å². The van der Waals surface area contributed by atoms with Crippen LogP contribution in [-0.4, -0.2) is 29.1 Å². The van der Waals surface area contributed by atoms with Gasteiger partial charge in [0.2, 0.25) is 5.28 Å². The van der Waals surface area contributed by atoms with Crippen molar-refractivity contribution in [3.05, 3.63) is 21.9 Å². The van der Waals surface area contributed by atoms with Gasteiger partial charge in [-0.2, -0.15) is 0 Å². The number of halogens is 3. The van der Waals surface area contributed by atoms with E-state index in [0.29, 0.717) is 0 Å². The van der Waals surface area contributed by atoms with E-state index < -0.39 is 34.3 Å². The molecule has 8 heteroatoms. The van der Waals surface area contributed by atoms with Gasteiger partial charge in [0.25, 0.3) is 0 Å². The molecule has 2 N–H and O–H groups in total. The Labute approximate surface area is 126 Å². The lowest BCUT2D eigenvalue weighted by molar-refractivity contribution is -0.143. The number of rotatable bonds is 3. The predicted molar refractivity (Wildman–Crippen MR) is 74.2 cm³/mol. The Hall–Kier alpha value is -0.980. The summed E-state index contributed by atoms with van der Waals surface area (Å²) in [6, 6.07) is -1.10. The third-order valence-corrected chi connectivity index (χ3v) is 3.29. The summed E-state index contributed by atoms with van der Waals surface area (Å²) in [5.74, 6) is -2.28. The second-order valence-corrected chi connectivity index (χ2v) is 6.07. The number of ether oxygens (including phenoxy) is 1. The normalized spacial score (nSPS) is 14.8. The van der Waals surface area contributed by atoms with Crippen molar-refractivity contribution in [2.45, 2.75) is 32.7 Å². The molecule has 1 aromatic heterocycles. The average molecular weight is 324 g/mol. The molecule has 2 unspecified atom stereocenters. The number of nitrogens with two attached hydrogens (primary N) is 1. The Bertz CT molecular complexity index is 520. The Morgan fingerprint density at radius 1 is 1.35 bits per heavy atom. The first-order valence-corrected chi connectivity index (χ1v) is 6.57. The maximum absolute atomic E-state index is 14.2. The van der Waals surface area contributed by atoms with Gasteiger partial charge in [-0.25, -0.2) is 14.4 Å². The summed E-state index contributed by atoms with van der Waals surface area (Å²) in [6.45, 7) is 5.39. The molecular weight excluding hydrogens is 308 g/mol. The number of hydrogen-bond acceptors (Lipinski definition) is 5. The summed E-state index contributed by atoms with van der Waals surface area (Å²) in [4.78, 5) is 19.0. The van der Waals surface area contributed by atoms with Crippen LogP contribution in [0.2, 0.25) is 10.4 Å². The van der Waals surface area contributed by atoms with Gasteiger partial charge in [-0.1, -0.05) is 32.4 Å². The number of hydrogen-bond donors (Lipinski definition) is 1. The average Bonchev–Trinajstić information content (AvgIpc) is 2.32. The van der Waals surface area contributed by atoms with Gasteiger partial charge < -0.3 is 10.5 Å². The van der Waals surface area contributed by atoms with Gasteiger partial charge in [0.05, 0.1) is 12.8 Å². The van der Waals surface area contributed by atoms with E-state index in [1.807, 2.05) is 0 Å². The molecule has 20 heavy (non-hydrogen) atoms. The molecule has 0 aromatic carbocycles. The second-order valence-electron chi connectivity index (χ2n) is 5.38. The number of carbonyl (C=O) groups excluding carboxylic acids is 1. The third-order valence-electron chi connectivity index (χ3n) is 2.87. The molecular formula is C12H16Cl2FN3O2. The summed E-state index contributed by atoms with van der Waals surface area (Å²) in [7, 11) is 1.21. The molecule has 0 saturated heterocycles. The molecule has 0 spiro atoms. The highest BCUT2D eigenvalue weighted by Crippen LogP contribution is 2.39. The standard InChI is InChI=1S/C12H16Cl2FN3O2/c1-12(2,3)5(7(16)10(19)20-4)8-6(15)9(13)18-11(14)17-8/h5,7H,16H2,1-4H3. The fraction of sp³-hybridized carbons (Fsp3) is 0.583. The summed E-state index contributed by atoms with van der Waals surface area (Å²) in [5, 5.41) is -0.621. The van der Waals surface area contributed by atoms with Crippen LogP contribution in [0.1, 0.15) is 32.4 Å². The fourth-order valence-electron chi connectivity index (χ4n) is 2.01. The molecule has 1 rings (SSSR count). The van der Waals surface area contributed by atoms with Gasteiger partial charge >= 0.3 is 5.97 Å². The van der Waals surface area contributed by atoms with Crippen molar-refractivity contribution in [3.8, 4) is 0 Å². The van der Waals surface area contributed by atoms with Crippen LogP contribution in [0.3, 0.4) is 0 Å². The third kappa shape index (κ3) is 3.56. The van der Waals surface area contributed by atoms with E-state index in [1.165, 1.54) is 7.11 Å². The SMILES string of the molecule is COC(=O)C(N)C(c1nc(Cl)nc(Cl)c1F)C(C)(C)C. The number of methoxy groups -OCH3 is 1. The van der Waals surface area contributed by atoms with Crippen molar-refractivity contribution in [3.63, 3.8) is 0 Å². The maximum atomic E-state index is 14.2. The van der Waals surface area contributed by atoms with Gasteiger partial charge in [0, 0.05) is 5.92 Å². The number of carbonyl (C=O) groups is 1. The molecule has 0 aliphatic carbocycles. The Kier molecular flexibility index (Phi) is 5.29. The molecule has 0 fully saturated rings. The first-order valence-electron chi connectivity index (χ1n) is 5.81. The highest BCUT2D eigenvalue weighted by atomic mass is 35.5. The van der Waals surface area contributed by atoms with Crippen molar-refractivity contribution in [2.75, 3.05) is 7.11 Å². The van der Waals surface area contributed by atoms with Crippen LogP contribution < -0.4 is 5.73 Å². The molecule has 1 heterocycles. The number of nitrogens with zero attached hydrogens (tertiary/aromatic N) is 2. The predicted octanol–water partition coefficient (Wildman–Crippen LogP) is 2.55. The highest BCUT2D eigenvalue weighted by molar-refractivity contribution is 6.31. The van der Waals surface area contributed by atoms with Crippen LogP contribution in [0.4, 0.5) is 4.39 Å². The summed E-state index contributed by atoms with van der Waals surface area (Å²) in [5.41, 5.74) is 5.20. The van der Waals surface area contributed by atoms with E-state index in [0.717, 1.165) is 0 Å². The van der Waals surface area contributed by atoms with E-state index in [1.54, 1.807) is 20.8 Å². The molecule has 112 valence electrons. The number of esters is 1. The maximum Gasteiger partial charge on any atom is 0.323 e. The van der Waals surface area contributed by atoms with Crippen LogP contribution in [0.15, 0.2) is 0 Å². The zero-order valence-corrected chi connectivity index (χ0v) is 13.1. The Morgan fingerprint density at radius 3 is 2.35 bits per heavy atom. The summed E-state index contributed by atoms with van der Waals surface area (Å²) in [6.07, 6.45) is 0. The molecule has 0 amide bonds. The van der Waals surface area contributed by atoms with Gasteiger partial charge in [0.15, 0.2) is 11.0 Å². The highest BCUT2D eigenvalue weighted by Gasteiger charge is 2.39. The van der Waals surface area contributed by atoms with E-state index in [4.69, 9.17) is 28.9 Å². The summed E-state index contributed by atoms with van der Waals surface area (Å²) < 4.78 is 18.8. The van der Waals surface area contributed by atoms with Crippen molar-refractivity contribution in [1.82, 2.24) is 9.97 Å². The van der Waals surface area contributed by atoms with Gasteiger partial charge in [-0.3, -0.25) is 4.79 Å². The van der Waals surface area contributed by atoms with Crippen molar-refractivity contribution in [1.29, 1.82) is 0 Å². The fourth-order valence-corrected chi connectivity index (χ4v) is 2.40. The minimum Gasteiger partial charge on any atom is -0.468 e. The second kappa shape index (κ2) is 6.20. The zero-order chi connectivity index (χ0) is 15.7. The Morgan fingerprint density at radius 2 is 1.90 bits per heavy atom. The minimum atomic E-state index is -1.10. The van der Waals surface area contributed by atoms with E-state index in [2.05, 4.69) is 14.7 Å². The van der Waals surface area contributed by atoms with E-state index in [9.17, 15) is 9.18 Å². The van der Waals surface area contributed by atoms with Crippen molar-refractivity contribution >= 4 is 29.2 Å². The van der Waals surface area contributed by atoms with Crippen molar-refractivity contribution in [2.24, 2.45) is 11.1 Å². The van der Waals surface area contributed by atoms with Gasteiger partial charge in [-0.15, -0.1) is 0 Å². The molecule has 1 aromatic rings. The molecule has 0 aliphatic rings. The lowest BCUT2D eigenvalue weighted by Gasteiger charge is -2.33. The van der Waals surface area contributed by atoms with Gasteiger partial charge in [0.1, 0.15) is 6.04 Å². The van der Waals surface area contributed by atoms with Crippen LogP contribution in [0.5, 0.6) is 0 Å². The number of aromatic nitrogens is 2. The molecule has 0 bridgehead atoms. The molecule has 2 atom stereocenters. The molecule has 0 saturated carbocycles. The summed E-state index contributed by atoms with van der Waals surface area (Å²) >= 11 is 11.4. The lowest BCUT2D eigenvalue weighted by Crippen LogP contribution is -2.44. The minimum absolute atomic E-state index is 0.0969. The zero-order valence-electron chi connectivity index (χ0n) is 11.6. The van der Waals surface area contributed by atoms with Crippen molar-refractivity contribution < 1.29 is 13.9 Å².